The van der Waals surface area contributed by atoms with Crippen molar-refractivity contribution in [1.82, 2.24) is 20.2 Å². The zero-order valence-corrected chi connectivity index (χ0v) is 31.3. The first kappa shape index (κ1) is 38.6. The molecule has 1 aliphatic heterocycles. The van der Waals surface area contributed by atoms with Crippen LogP contribution in [0.1, 0.15) is 93.2 Å². The van der Waals surface area contributed by atoms with E-state index in [2.05, 4.69) is 32.3 Å². The van der Waals surface area contributed by atoms with Crippen molar-refractivity contribution in [3.63, 3.8) is 0 Å². The molecule has 0 spiro atoms. The predicted octanol–water partition coefficient (Wildman–Crippen LogP) is 7.13. The highest BCUT2D eigenvalue weighted by Gasteiger charge is 2.53. The lowest BCUT2D eigenvalue weighted by molar-refractivity contribution is -0.165. The first-order valence-electron chi connectivity index (χ1n) is 17.7. The standard InChI is InChI=1S/C39H56N4O7/c1-12-14-15-16-24-20-30(24)49-37(46)42-33(38(5,6)7)35(44)43-22-31(26(19-23(3)4)32(43)36(45)50-39(8,9)10)48-34-27(13-2)40-28-18-17-25(47-11)21-29(28)41-34/h12-13,17-18,21,23-24,26,30-33H,1-2,14-16,19-20,22H2,3-11H3,(H,42,46). The number of rotatable bonds is 14. The second kappa shape index (κ2) is 15.8. The summed E-state index contributed by atoms with van der Waals surface area (Å²) in [6.45, 7) is 22.9. The maximum Gasteiger partial charge on any atom is 0.408 e. The number of methoxy groups -OCH3 is 1. The molecule has 0 radical (unpaired) electrons. The first-order chi connectivity index (χ1) is 23.4. The molecule has 6 atom stereocenters. The van der Waals surface area contributed by atoms with Gasteiger partial charge < -0.3 is 29.2 Å². The molecule has 2 amide bonds. The van der Waals surface area contributed by atoms with Crippen molar-refractivity contribution in [3.05, 3.63) is 43.1 Å². The summed E-state index contributed by atoms with van der Waals surface area (Å²) in [5, 5.41) is 2.86. The van der Waals surface area contributed by atoms with Gasteiger partial charge in [0.15, 0.2) is 0 Å². The number of carbonyl (C=O) groups excluding carboxylic acids is 3. The van der Waals surface area contributed by atoms with Crippen LogP contribution in [-0.4, -0.2) is 76.4 Å². The van der Waals surface area contributed by atoms with Crippen LogP contribution in [0, 0.1) is 23.2 Å². The van der Waals surface area contributed by atoms with Gasteiger partial charge in [-0.3, -0.25) is 4.79 Å². The topological polar surface area (TPSA) is 129 Å². The zero-order valence-electron chi connectivity index (χ0n) is 31.3. The smallest absolute Gasteiger partial charge is 0.408 e. The molecule has 1 N–H and O–H groups in total. The van der Waals surface area contributed by atoms with E-state index < -0.39 is 53.1 Å². The number of benzene rings is 1. The van der Waals surface area contributed by atoms with Crippen LogP contribution in [0.5, 0.6) is 11.6 Å². The Hall–Kier alpha value is -4.15. The van der Waals surface area contributed by atoms with Gasteiger partial charge in [-0.1, -0.05) is 47.3 Å². The summed E-state index contributed by atoms with van der Waals surface area (Å²) >= 11 is 0. The van der Waals surface area contributed by atoms with Crippen molar-refractivity contribution < 1.29 is 33.3 Å². The SMILES string of the molecule is C=CCCCC1CC1OC(=O)NC(C(=O)N1CC(Oc2nc3cc(OC)ccc3nc2C=C)C(CC(C)C)C1C(=O)OC(C)(C)C)C(C)(C)C. The highest BCUT2D eigenvalue weighted by atomic mass is 16.6. The minimum atomic E-state index is -0.993. The van der Waals surface area contributed by atoms with Gasteiger partial charge in [0.2, 0.25) is 11.8 Å². The van der Waals surface area contributed by atoms with E-state index in [9.17, 15) is 14.4 Å². The normalized spacial score (nSPS) is 22.5. The molecule has 1 saturated carbocycles. The van der Waals surface area contributed by atoms with Crippen molar-refractivity contribution in [2.75, 3.05) is 13.7 Å². The molecule has 11 nitrogen and oxygen atoms in total. The Labute approximate surface area is 297 Å². The number of aromatic nitrogens is 2. The van der Waals surface area contributed by atoms with Crippen LogP contribution in [0.2, 0.25) is 0 Å². The molecule has 2 heterocycles. The van der Waals surface area contributed by atoms with Crippen LogP contribution in [-0.2, 0) is 19.1 Å². The van der Waals surface area contributed by atoms with Crippen molar-refractivity contribution in [1.29, 1.82) is 0 Å². The molecule has 50 heavy (non-hydrogen) atoms. The Morgan fingerprint density at radius 2 is 1.78 bits per heavy atom. The van der Waals surface area contributed by atoms with Gasteiger partial charge in [-0.2, -0.15) is 0 Å². The molecule has 0 bridgehead atoms. The number of ether oxygens (including phenoxy) is 4. The van der Waals surface area contributed by atoms with Crippen LogP contribution in [0.3, 0.4) is 0 Å². The van der Waals surface area contributed by atoms with E-state index in [1.54, 1.807) is 46.1 Å². The van der Waals surface area contributed by atoms with Gasteiger partial charge in [0, 0.05) is 12.0 Å². The average Bonchev–Trinajstić information content (AvgIpc) is 3.66. The number of nitrogens with zero attached hydrogens (tertiary/aromatic N) is 3. The van der Waals surface area contributed by atoms with E-state index in [4.69, 9.17) is 28.9 Å². The number of esters is 1. The average molecular weight is 693 g/mol. The van der Waals surface area contributed by atoms with Gasteiger partial charge in [-0.25, -0.2) is 19.6 Å². The second-order valence-corrected chi connectivity index (χ2v) is 16.0. The molecular formula is C39H56N4O7. The largest absolute Gasteiger partial charge is 0.497 e. The summed E-state index contributed by atoms with van der Waals surface area (Å²) in [5.74, 6) is -0.0789. The van der Waals surface area contributed by atoms with Gasteiger partial charge in [-0.15, -0.1) is 6.58 Å². The van der Waals surface area contributed by atoms with Crippen molar-refractivity contribution >= 4 is 35.1 Å². The van der Waals surface area contributed by atoms with E-state index in [0.717, 1.165) is 25.7 Å². The molecule has 1 aromatic heterocycles. The number of carbonyl (C=O) groups is 3. The van der Waals surface area contributed by atoms with Crippen LogP contribution < -0.4 is 14.8 Å². The molecule has 1 aromatic carbocycles. The quantitative estimate of drug-likeness (QED) is 0.125. The molecule has 1 saturated heterocycles. The molecule has 2 fully saturated rings. The lowest BCUT2D eigenvalue weighted by atomic mass is 9.85. The Bertz CT molecular complexity index is 1560. The molecule has 2 aromatic rings. The van der Waals surface area contributed by atoms with Crippen LogP contribution in [0.15, 0.2) is 37.4 Å². The van der Waals surface area contributed by atoms with Crippen LogP contribution in [0.25, 0.3) is 17.1 Å². The van der Waals surface area contributed by atoms with Gasteiger partial charge in [0.25, 0.3) is 0 Å². The van der Waals surface area contributed by atoms with Crippen LogP contribution in [0.4, 0.5) is 4.79 Å². The number of likely N-dealkylation sites (tertiary alicyclic amines) is 1. The number of unbranched alkanes of at least 4 members (excludes halogenated alkanes) is 1. The maximum atomic E-state index is 14.7. The van der Waals surface area contributed by atoms with E-state index in [0.29, 0.717) is 34.8 Å². The maximum absolute atomic E-state index is 14.7. The molecule has 11 heteroatoms. The fourth-order valence-corrected chi connectivity index (χ4v) is 6.54. The van der Waals surface area contributed by atoms with Gasteiger partial charge in [0.05, 0.1) is 24.7 Å². The molecule has 4 rings (SSSR count). The summed E-state index contributed by atoms with van der Waals surface area (Å²) in [5.41, 5.74) is 0.122. The molecular weight excluding hydrogens is 636 g/mol. The Balaban J connectivity index is 1.67. The number of amides is 2. The predicted molar refractivity (Wildman–Crippen MR) is 194 cm³/mol. The highest BCUT2D eigenvalue weighted by molar-refractivity contribution is 5.91. The number of hydrogen-bond acceptors (Lipinski definition) is 9. The molecule has 2 aliphatic rings. The van der Waals surface area contributed by atoms with Crippen molar-refractivity contribution in [3.8, 4) is 11.6 Å². The highest BCUT2D eigenvalue weighted by Crippen LogP contribution is 2.39. The number of allylic oxidation sites excluding steroid dienone is 1. The third-order valence-corrected chi connectivity index (χ3v) is 9.07. The third kappa shape index (κ3) is 9.75. The lowest BCUT2D eigenvalue weighted by Gasteiger charge is -2.36. The number of nitrogens with one attached hydrogen (secondary N) is 1. The second-order valence-electron chi connectivity index (χ2n) is 16.0. The summed E-state index contributed by atoms with van der Waals surface area (Å²) in [6.07, 6.45) is 6.22. The van der Waals surface area contributed by atoms with Crippen LogP contribution >= 0.6 is 0 Å². The number of fused-ring (bicyclic) bond motifs is 1. The summed E-state index contributed by atoms with van der Waals surface area (Å²) < 4.78 is 23.7. The fraction of sp³-hybridized carbons (Fsp3) is 0.615. The monoisotopic (exact) mass is 692 g/mol. The molecule has 1 aliphatic carbocycles. The van der Waals surface area contributed by atoms with Gasteiger partial charge >= 0.3 is 12.1 Å². The zero-order chi connectivity index (χ0) is 37.0. The third-order valence-electron chi connectivity index (χ3n) is 9.07. The minimum Gasteiger partial charge on any atom is -0.497 e. The van der Waals surface area contributed by atoms with E-state index in [1.807, 2.05) is 32.9 Å². The van der Waals surface area contributed by atoms with Gasteiger partial charge in [-0.05, 0) is 88.3 Å². The Morgan fingerprint density at radius 1 is 1.06 bits per heavy atom. The fourth-order valence-electron chi connectivity index (χ4n) is 6.54. The molecule has 6 unspecified atom stereocenters. The van der Waals surface area contributed by atoms with Gasteiger partial charge in [0.1, 0.15) is 41.3 Å². The summed E-state index contributed by atoms with van der Waals surface area (Å²) in [7, 11) is 1.58. The number of alkyl carbamates (subject to hydrolysis) is 1. The summed E-state index contributed by atoms with van der Waals surface area (Å²) in [6, 6.07) is 3.41. The lowest BCUT2D eigenvalue weighted by Crippen LogP contribution is -2.58. The minimum absolute atomic E-state index is 0.0614. The van der Waals surface area contributed by atoms with E-state index in [1.165, 1.54) is 4.90 Å². The molecule has 274 valence electrons. The van der Waals surface area contributed by atoms with Crippen molar-refractivity contribution in [2.24, 2.45) is 23.2 Å². The first-order valence-corrected chi connectivity index (χ1v) is 17.7. The van der Waals surface area contributed by atoms with Crippen molar-refractivity contribution in [2.45, 2.75) is 117 Å². The number of hydrogen-bond donors (Lipinski definition) is 1. The Morgan fingerprint density at radius 3 is 2.38 bits per heavy atom. The Kier molecular flexibility index (Phi) is 12.2. The van der Waals surface area contributed by atoms with E-state index >= 15 is 0 Å². The van der Waals surface area contributed by atoms with E-state index in [-0.39, 0.29) is 24.4 Å². The summed E-state index contributed by atoms with van der Waals surface area (Å²) in [4.78, 5) is 53.0.